The molecule has 2 aromatic carbocycles. The number of fused-ring (bicyclic) bond motifs is 1. The highest BCUT2D eigenvalue weighted by Gasteiger charge is 2.21. The number of ether oxygens (including phenoxy) is 1. The van der Waals surface area contributed by atoms with E-state index in [0.29, 0.717) is 28.8 Å². The number of hydrogen-bond acceptors (Lipinski definition) is 5. The van der Waals surface area contributed by atoms with Gasteiger partial charge in [0.15, 0.2) is 9.84 Å². The molecule has 162 valence electrons. The van der Waals surface area contributed by atoms with Crippen LogP contribution in [0.5, 0.6) is 5.75 Å². The molecule has 6 nitrogen and oxygen atoms in total. The fourth-order valence-electron chi connectivity index (χ4n) is 3.68. The summed E-state index contributed by atoms with van der Waals surface area (Å²) in [6.45, 7) is 5.29. The van der Waals surface area contributed by atoms with Crippen molar-refractivity contribution in [2.75, 3.05) is 13.1 Å². The van der Waals surface area contributed by atoms with Crippen molar-refractivity contribution in [2.45, 2.75) is 43.4 Å². The maximum absolute atomic E-state index is 12.6. The van der Waals surface area contributed by atoms with Gasteiger partial charge in [-0.25, -0.2) is 8.42 Å². The van der Waals surface area contributed by atoms with Crippen molar-refractivity contribution in [3.8, 4) is 5.75 Å². The summed E-state index contributed by atoms with van der Waals surface area (Å²) in [6, 6.07) is 14.1. The molecule has 7 heteroatoms. The zero-order valence-electron chi connectivity index (χ0n) is 17.7. The number of carbonyl (C=O) groups excluding carboxylic acids is 1. The lowest BCUT2D eigenvalue weighted by atomic mass is 10.1. The Kier molecular flexibility index (Phi) is 5.96. The monoisotopic (exact) mass is 438 g/mol. The largest absolute Gasteiger partial charge is 0.488 e. The number of nitrogens with zero attached hydrogens (tertiary/aromatic N) is 2. The van der Waals surface area contributed by atoms with Crippen molar-refractivity contribution in [2.24, 2.45) is 0 Å². The van der Waals surface area contributed by atoms with Crippen LogP contribution in [0.3, 0.4) is 0 Å². The van der Waals surface area contributed by atoms with Crippen molar-refractivity contribution in [3.63, 3.8) is 0 Å². The molecule has 0 bridgehead atoms. The van der Waals surface area contributed by atoms with E-state index in [1.165, 1.54) is 0 Å². The first-order valence-electron chi connectivity index (χ1n) is 10.5. The maximum Gasteiger partial charge on any atom is 0.253 e. The van der Waals surface area contributed by atoms with Gasteiger partial charge < -0.3 is 9.64 Å². The molecular weight excluding hydrogens is 412 g/mol. The van der Waals surface area contributed by atoms with E-state index in [-0.39, 0.29) is 10.8 Å². The Bertz CT molecular complexity index is 1200. The van der Waals surface area contributed by atoms with Gasteiger partial charge in [0.1, 0.15) is 12.4 Å². The first kappa shape index (κ1) is 21.3. The molecule has 3 aromatic rings. The Morgan fingerprint density at radius 1 is 1.06 bits per heavy atom. The van der Waals surface area contributed by atoms with Crippen molar-refractivity contribution in [1.29, 1.82) is 0 Å². The van der Waals surface area contributed by atoms with Gasteiger partial charge in [-0.3, -0.25) is 9.78 Å². The maximum atomic E-state index is 12.6. The van der Waals surface area contributed by atoms with Crippen LogP contribution in [-0.4, -0.2) is 42.5 Å². The van der Waals surface area contributed by atoms with Gasteiger partial charge >= 0.3 is 0 Å². The molecule has 1 amide bonds. The molecule has 0 unspecified atom stereocenters. The number of hydrogen-bond donors (Lipinski definition) is 0. The van der Waals surface area contributed by atoms with Crippen LogP contribution >= 0.6 is 0 Å². The third-order valence-corrected chi connectivity index (χ3v) is 7.76. The van der Waals surface area contributed by atoms with Crippen molar-refractivity contribution >= 4 is 26.6 Å². The third kappa shape index (κ3) is 4.42. The van der Waals surface area contributed by atoms with E-state index in [1.54, 1.807) is 44.3 Å². The van der Waals surface area contributed by atoms with Gasteiger partial charge in [0.05, 0.1) is 15.7 Å². The minimum Gasteiger partial charge on any atom is -0.488 e. The van der Waals surface area contributed by atoms with Gasteiger partial charge in [-0.1, -0.05) is 12.1 Å². The lowest BCUT2D eigenvalue weighted by Gasteiger charge is -2.15. The first-order valence-corrected chi connectivity index (χ1v) is 12.0. The average molecular weight is 439 g/mol. The summed E-state index contributed by atoms with van der Waals surface area (Å²) in [5.41, 5.74) is 2.28. The van der Waals surface area contributed by atoms with Crippen LogP contribution in [0.4, 0.5) is 0 Å². The SMILES string of the molecule is CC(C)S(=O)(=O)c1ccc2nccc(OCc3ccc(C(=O)N4CCCC4)cc3)c2c1. The zero-order chi connectivity index (χ0) is 22.0. The van der Waals surface area contributed by atoms with Gasteiger partial charge in [-0.15, -0.1) is 0 Å². The summed E-state index contributed by atoms with van der Waals surface area (Å²) < 4.78 is 31.1. The number of benzene rings is 2. The van der Waals surface area contributed by atoms with E-state index < -0.39 is 15.1 Å². The molecule has 2 heterocycles. The molecule has 1 aliphatic rings. The van der Waals surface area contributed by atoms with Gasteiger partial charge in [0.25, 0.3) is 5.91 Å². The molecule has 0 aliphatic carbocycles. The highest BCUT2D eigenvalue weighted by Crippen LogP contribution is 2.28. The predicted molar refractivity (Wildman–Crippen MR) is 120 cm³/mol. The minimum absolute atomic E-state index is 0.0731. The molecule has 31 heavy (non-hydrogen) atoms. The Labute approximate surface area is 182 Å². The van der Waals surface area contributed by atoms with Crippen LogP contribution in [-0.2, 0) is 16.4 Å². The van der Waals surface area contributed by atoms with Crippen molar-refractivity contribution < 1.29 is 17.9 Å². The lowest BCUT2D eigenvalue weighted by molar-refractivity contribution is 0.0792. The fraction of sp³-hybridized carbons (Fsp3) is 0.333. The highest BCUT2D eigenvalue weighted by molar-refractivity contribution is 7.92. The number of carbonyl (C=O) groups is 1. The topological polar surface area (TPSA) is 76.6 Å². The van der Waals surface area contributed by atoms with Crippen LogP contribution in [0.2, 0.25) is 0 Å². The molecule has 4 rings (SSSR count). The summed E-state index contributed by atoms with van der Waals surface area (Å²) in [5.74, 6) is 0.645. The zero-order valence-corrected chi connectivity index (χ0v) is 18.6. The average Bonchev–Trinajstić information content (AvgIpc) is 3.32. The van der Waals surface area contributed by atoms with Crippen LogP contribution in [0.1, 0.15) is 42.6 Å². The van der Waals surface area contributed by atoms with Gasteiger partial charge in [-0.2, -0.15) is 0 Å². The second-order valence-corrected chi connectivity index (χ2v) is 10.6. The van der Waals surface area contributed by atoms with Gasteiger partial charge in [0, 0.05) is 30.2 Å². The van der Waals surface area contributed by atoms with Crippen LogP contribution in [0.15, 0.2) is 59.6 Å². The van der Waals surface area contributed by atoms with Crippen molar-refractivity contribution in [3.05, 3.63) is 65.9 Å². The number of sulfone groups is 1. The molecule has 0 atom stereocenters. The molecule has 0 saturated carbocycles. The van der Waals surface area contributed by atoms with E-state index in [2.05, 4.69) is 4.98 Å². The van der Waals surface area contributed by atoms with Crippen molar-refractivity contribution in [1.82, 2.24) is 9.88 Å². The highest BCUT2D eigenvalue weighted by atomic mass is 32.2. The quantitative estimate of drug-likeness (QED) is 0.576. The van der Waals surface area contributed by atoms with Crippen LogP contribution in [0, 0.1) is 0 Å². The van der Waals surface area contributed by atoms with Crippen LogP contribution < -0.4 is 4.74 Å². The second kappa shape index (κ2) is 8.67. The van der Waals surface area contributed by atoms with E-state index in [9.17, 15) is 13.2 Å². The van der Waals surface area contributed by atoms with Gasteiger partial charge in [0.2, 0.25) is 0 Å². The molecule has 1 aromatic heterocycles. The summed E-state index contributed by atoms with van der Waals surface area (Å²) in [6.07, 6.45) is 3.78. The predicted octanol–water partition coefficient (Wildman–Crippen LogP) is 4.23. The summed E-state index contributed by atoms with van der Waals surface area (Å²) in [5, 5.41) is 0.151. The second-order valence-electron chi connectivity index (χ2n) is 8.07. The lowest BCUT2D eigenvalue weighted by Crippen LogP contribution is -2.27. The number of likely N-dealkylation sites (tertiary alicyclic amines) is 1. The third-order valence-electron chi connectivity index (χ3n) is 5.61. The van der Waals surface area contributed by atoms with E-state index >= 15 is 0 Å². The van der Waals surface area contributed by atoms with E-state index in [4.69, 9.17) is 4.74 Å². The first-order chi connectivity index (χ1) is 14.9. The van der Waals surface area contributed by atoms with Gasteiger partial charge in [-0.05, 0) is 68.7 Å². The Balaban J connectivity index is 1.53. The molecule has 1 fully saturated rings. The number of amides is 1. The summed E-state index contributed by atoms with van der Waals surface area (Å²) >= 11 is 0. The summed E-state index contributed by atoms with van der Waals surface area (Å²) in [7, 11) is -3.39. The normalized spacial score (nSPS) is 14.4. The smallest absolute Gasteiger partial charge is 0.253 e. The molecule has 0 N–H and O–H groups in total. The minimum atomic E-state index is -3.39. The Morgan fingerprint density at radius 2 is 1.77 bits per heavy atom. The fourth-order valence-corrected chi connectivity index (χ4v) is 4.77. The molecule has 0 radical (unpaired) electrons. The number of rotatable bonds is 6. The van der Waals surface area contributed by atoms with E-state index in [1.807, 2.05) is 29.2 Å². The summed E-state index contributed by atoms with van der Waals surface area (Å²) in [4.78, 5) is 18.9. The van der Waals surface area contributed by atoms with Crippen LogP contribution in [0.25, 0.3) is 10.9 Å². The molecule has 1 saturated heterocycles. The molecular formula is C24H26N2O4S. The standard InChI is InChI=1S/C24H26N2O4S/c1-17(2)31(28,29)20-9-10-22-21(15-20)23(11-12-25-22)30-16-18-5-7-19(8-6-18)24(27)26-13-3-4-14-26/h5-12,15,17H,3-4,13-14,16H2,1-2H3. The molecule has 0 spiro atoms. The van der Waals surface area contributed by atoms with E-state index in [0.717, 1.165) is 31.5 Å². The Hall–Kier alpha value is -2.93. The number of aromatic nitrogens is 1. The Morgan fingerprint density at radius 3 is 2.45 bits per heavy atom. The molecule has 1 aliphatic heterocycles. The number of pyridine rings is 1.